The molecule has 0 fully saturated rings. The molecular formula is C11H13N. The highest BCUT2D eigenvalue weighted by molar-refractivity contribution is 5.66. The van der Waals surface area contributed by atoms with Gasteiger partial charge in [-0.05, 0) is 37.8 Å². The highest BCUT2D eigenvalue weighted by atomic mass is 14.7. The quantitative estimate of drug-likeness (QED) is 0.551. The smallest absolute Gasteiger partial charge is 0.0657 e. The molecule has 1 nitrogen and oxygen atoms in total. The molecule has 12 heavy (non-hydrogen) atoms. The van der Waals surface area contributed by atoms with Crippen molar-refractivity contribution in [2.24, 2.45) is 4.99 Å². The predicted molar refractivity (Wildman–Crippen MR) is 52.3 cm³/mol. The summed E-state index contributed by atoms with van der Waals surface area (Å²) in [5.41, 5.74) is 3.91. The average molecular weight is 159 g/mol. The minimum atomic E-state index is 1.12. The Morgan fingerprint density at radius 3 is 3.17 bits per heavy atom. The van der Waals surface area contributed by atoms with Crippen molar-refractivity contribution in [1.82, 2.24) is 0 Å². The second-order valence-electron chi connectivity index (χ2n) is 3.34. The Balaban J connectivity index is 2.46. The second-order valence-corrected chi connectivity index (χ2v) is 3.34. The molecule has 0 atom stereocenters. The van der Waals surface area contributed by atoms with Gasteiger partial charge in [-0.1, -0.05) is 17.7 Å². The van der Waals surface area contributed by atoms with Crippen molar-refractivity contribution in [3.05, 3.63) is 29.3 Å². The van der Waals surface area contributed by atoms with Crippen LogP contribution in [-0.2, 0) is 6.42 Å². The van der Waals surface area contributed by atoms with Crippen LogP contribution in [0.5, 0.6) is 0 Å². The number of nitrogens with zero attached hydrogens (tertiary/aromatic N) is 1. The Labute approximate surface area is 73.1 Å². The Morgan fingerprint density at radius 2 is 2.25 bits per heavy atom. The number of hydrogen-bond acceptors (Lipinski definition) is 1. The Bertz CT molecular complexity index is 313. The molecule has 0 aliphatic carbocycles. The fourth-order valence-corrected chi connectivity index (χ4v) is 1.59. The maximum atomic E-state index is 4.40. The second kappa shape index (κ2) is 3.10. The lowest BCUT2D eigenvalue weighted by Gasteiger charge is -2.02. The molecule has 0 saturated heterocycles. The molecule has 0 saturated carbocycles. The zero-order chi connectivity index (χ0) is 8.39. The monoisotopic (exact) mass is 159 g/mol. The summed E-state index contributed by atoms with van der Waals surface area (Å²) in [5.74, 6) is 0. The van der Waals surface area contributed by atoms with E-state index in [1.54, 1.807) is 0 Å². The van der Waals surface area contributed by atoms with Crippen LogP contribution in [0.15, 0.2) is 23.2 Å². The molecule has 0 bridgehead atoms. The molecule has 1 aliphatic rings. The summed E-state index contributed by atoms with van der Waals surface area (Å²) >= 11 is 0. The van der Waals surface area contributed by atoms with Crippen LogP contribution in [-0.4, -0.2) is 6.21 Å². The minimum absolute atomic E-state index is 1.12. The summed E-state index contributed by atoms with van der Waals surface area (Å²) in [5, 5.41) is 0. The molecule has 1 heteroatoms. The summed E-state index contributed by atoms with van der Waals surface area (Å²) in [6, 6.07) is 6.49. The van der Waals surface area contributed by atoms with Crippen LogP contribution in [0.1, 0.15) is 24.0 Å². The normalized spacial score (nSPS) is 15.4. The summed E-state index contributed by atoms with van der Waals surface area (Å²) < 4.78 is 0. The van der Waals surface area contributed by atoms with Crippen LogP contribution in [0.2, 0.25) is 0 Å². The van der Waals surface area contributed by atoms with E-state index in [4.69, 9.17) is 0 Å². The SMILES string of the molecule is Cc1ccc2c(c1)CCCC=N2. The fourth-order valence-electron chi connectivity index (χ4n) is 1.59. The zero-order valence-electron chi connectivity index (χ0n) is 7.38. The maximum absolute atomic E-state index is 4.40. The molecule has 62 valence electrons. The molecule has 1 aromatic rings. The van der Waals surface area contributed by atoms with Crippen LogP contribution in [0.25, 0.3) is 0 Å². The van der Waals surface area contributed by atoms with Crippen molar-refractivity contribution in [1.29, 1.82) is 0 Å². The highest BCUT2D eigenvalue weighted by Gasteiger charge is 2.03. The number of hydrogen-bond donors (Lipinski definition) is 0. The van der Waals surface area contributed by atoms with Gasteiger partial charge >= 0.3 is 0 Å². The number of aliphatic imine (C=N–C) groups is 1. The third-order valence-electron chi connectivity index (χ3n) is 2.24. The first kappa shape index (κ1) is 7.53. The Kier molecular flexibility index (Phi) is 1.94. The lowest BCUT2D eigenvalue weighted by atomic mass is 10.1. The van der Waals surface area contributed by atoms with Gasteiger partial charge in [0.1, 0.15) is 0 Å². The molecule has 2 rings (SSSR count). The minimum Gasteiger partial charge on any atom is -0.261 e. The van der Waals surface area contributed by atoms with E-state index < -0.39 is 0 Å². The summed E-state index contributed by atoms with van der Waals surface area (Å²) in [7, 11) is 0. The van der Waals surface area contributed by atoms with Crippen molar-refractivity contribution in [2.45, 2.75) is 26.2 Å². The number of aryl methyl sites for hydroxylation is 2. The molecule has 0 N–H and O–H groups in total. The third-order valence-corrected chi connectivity index (χ3v) is 2.24. The lowest BCUT2D eigenvalue weighted by molar-refractivity contribution is 0.884. The molecule has 0 amide bonds. The van der Waals surface area contributed by atoms with Crippen LogP contribution in [0, 0.1) is 6.92 Å². The molecule has 0 spiro atoms. The predicted octanol–water partition coefficient (Wildman–Crippen LogP) is 3.03. The van der Waals surface area contributed by atoms with E-state index in [-0.39, 0.29) is 0 Å². The van der Waals surface area contributed by atoms with Gasteiger partial charge in [0.25, 0.3) is 0 Å². The molecular weight excluding hydrogens is 146 g/mol. The summed E-state index contributed by atoms with van der Waals surface area (Å²) in [6.45, 7) is 2.13. The van der Waals surface area contributed by atoms with Gasteiger partial charge in [-0.3, -0.25) is 4.99 Å². The molecule has 0 radical (unpaired) electrons. The number of fused-ring (bicyclic) bond motifs is 1. The van der Waals surface area contributed by atoms with Crippen molar-refractivity contribution >= 4 is 11.9 Å². The first-order valence-corrected chi connectivity index (χ1v) is 4.48. The van der Waals surface area contributed by atoms with E-state index in [9.17, 15) is 0 Å². The van der Waals surface area contributed by atoms with Gasteiger partial charge in [0.05, 0.1) is 5.69 Å². The van der Waals surface area contributed by atoms with Gasteiger partial charge in [0.2, 0.25) is 0 Å². The Morgan fingerprint density at radius 1 is 1.33 bits per heavy atom. The topological polar surface area (TPSA) is 12.4 Å². The molecule has 0 unspecified atom stereocenters. The number of rotatable bonds is 0. The first-order valence-electron chi connectivity index (χ1n) is 4.48. The Hall–Kier alpha value is -1.11. The largest absolute Gasteiger partial charge is 0.261 e. The molecule has 1 aromatic carbocycles. The van der Waals surface area contributed by atoms with Gasteiger partial charge < -0.3 is 0 Å². The van der Waals surface area contributed by atoms with E-state index in [1.807, 2.05) is 6.21 Å². The van der Waals surface area contributed by atoms with E-state index >= 15 is 0 Å². The van der Waals surface area contributed by atoms with Gasteiger partial charge in [-0.2, -0.15) is 0 Å². The van der Waals surface area contributed by atoms with Crippen molar-refractivity contribution < 1.29 is 0 Å². The van der Waals surface area contributed by atoms with Crippen LogP contribution in [0.4, 0.5) is 5.69 Å². The van der Waals surface area contributed by atoms with Crippen molar-refractivity contribution in [3.63, 3.8) is 0 Å². The summed E-state index contributed by atoms with van der Waals surface area (Å²) in [6.07, 6.45) is 5.56. The van der Waals surface area contributed by atoms with Crippen molar-refractivity contribution in [3.8, 4) is 0 Å². The van der Waals surface area contributed by atoms with E-state index in [0.717, 1.165) is 12.1 Å². The van der Waals surface area contributed by atoms with E-state index in [2.05, 4.69) is 30.1 Å². The first-order chi connectivity index (χ1) is 5.86. The summed E-state index contributed by atoms with van der Waals surface area (Å²) in [4.78, 5) is 4.40. The lowest BCUT2D eigenvalue weighted by Crippen LogP contribution is -1.84. The van der Waals surface area contributed by atoms with E-state index in [1.165, 1.54) is 24.0 Å². The van der Waals surface area contributed by atoms with Gasteiger partial charge in [-0.15, -0.1) is 0 Å². The van der Waals surface area contributed by atoms with Gasteiger partial charge in [0.15, 0.2) is 0 Å². The standard InChI is InChI=1S/C11H13N/c1-9-5-6-11-10(8-9)4-2-3-7-12-11/h5-8H,2-4H2,1H3. The van der Waals surface area contributed by atoms with E-state index in [0.29, 0.717) is 0 Å². The van der Waals surface area contributed by atoms with Gasteiger partial charge in [-0.25, -0.2) is 0 Å². The third kappa shape index (κ3) is 1.40. The van der Waals surface area contributed by atoms with Crippen LogP contribution >= 0.6 is 0 Å². The molecule has 1 heterocycles. The molecule has 1 aliphatic heterocycles. The fraction of sp³-hybridized carbons (Fsp3) is 0.364. The highest BCUT2D eigenvalue weighted by Crippen LogP contribution is 2.24. The maximum Gasteiger partial charge on any atom is 0.0657 e. The average Bonchev–Trinajstić information content (AvgIpc) is 2.28. The van der Waals surface area contributed by atoms with Crippen LogP contribution in [0.3, 0.4) is 0 Å². The van der Waals surface area contributed by atoms with Crippen molar-refractivity contribution in [2.75, 3.05) is 0 Å². The number of benzene rings is 1. The zero-order valence-corrected chi connectivity index (χ0v) is 7.38. The van der Waals surface area contributed by atoms with Gasteiger partial charge in [0, 0.05) is 6.21 Å². The van der Waals surface area contributed by atoms with Crippen LogP contribution < -0.4 is 0 Å². The molecule has 0 aromatic heterocycles.